The fourth-order valence-corrected chi connectivity index (χ4v) is 1.31. The topological polar surface area (TPSA) is 56.3 Å². The van der Waals surface area contributed by atoms with Crippen LogP contribution in [0.1, 0.15) is 5.56 Å². The van der Waals surface area contributed by atoms with Crippen LogP contribution in [0, 0.1) is 0 Å². The largest absolute Gasteiger partial charge is 0.534 e. The zero-order valence-electron chi connectivity index (χ0n) is 8.08. The minimum Gasteiger partial charge on any atom is -0.375 e. The maximum atomic E-state index is 12.3. The predicted octanol–water partition coefficient (Wildman–Crippen LogP) is 2.33. The van der Waals surface area contributed by atoms with Gasteiger partial charge in [-0.3, -0.25) is 4.98 Å². The molecule has 0 N–H and O–H groups in total. The Kier molecular flexibility index (Phi) is 3.47. The zero-order valence-corrected chi connectivity index (χ0v) is 8.90. The summed E-state index contributed by atoms with van der Waals surface area (Å²) in [6.07, 6.45) is -4.28. The van der Waals surface area contributed by atoms with Crippen molar-refractivity contribution in [3.63, 3.8) is 0 Å². The van der Waals surface area contributed by atoms with E-state index >= 15 is 0 Å². The molecule has 1 aromatic rings. The molecule has 102 valence electrons. The number of halogens is 6. The maximum Gasteiger partial charge on any atom is 0.534 e. The SMILES string of the molecule is O=S(=O)(Oc1ccncc1C(F)(F)F)C(F)(F)F. The molecule has 1 heterocycles. The minimum absolute atomic E-state index is 0.154. The van der Waals surface area contributed by atoms with E-state index in [1.54, 1.807) is 0 Å². The molecule has 11 heteroatoms. The van der Waals surface area contributed by atoms with Gasteiger partial charge in [0.15, 0.2) is 5.75 Å². The van der Waals surface area contributed by atoms with Crippen molar-refractivity contribution in [2.24, 2.45) is 0 Å². The number of pyridine rings is 1. The molecule has 0 fully saturated rings. The van der Waals surface area contributed by atoms with Gasteiger partial charge in [0.1, 0.15) is 5.56 Å². The highest BCUT2D eigenvalue weighted by Gasteiger charge is 2.49. The summed E-state index contributed by atoms with van der Waals surface area (Å²) in [5.41, 5.74) is -7.54. The lowest BCUT2D eigenvalue weighted by Crippen LogP contribution is -2.28. The van der Waals surface area contributed by atoms with Gasteiger partial charge in [0, 0.05) is 18.5 Å². The Bertz CT molecular complexity index is 535. The smallest absolute Gasteiger partial charge is 0.375 e. The number of hydrogen-bond acceptors (Lipinski definition) is 4. The van der Waals surface area contributed by atoms with Gasteiger partial charge in [0.25, 0.3) is 0 Å². The first-order chi connectivity index (χ1) is 7.95. The van der Waals surface area contributed by atoms with E-state index in [-0.39, 0.29) is 6.20 Å². The fraction of sp³-hybridized carbons (Fsp3) is 0.286. The van der Waals surface area contributed by atoms with Crippen LogP contribution in [-0.2, 0) is 16.3 Å². The Morgan fingerprint density at radius 1 is 1.11 bits per heavy atom. The molecule has 0 aromatic carbocycles. The van der Waals surface area contributed by atoms with Crippen molar-refractivity contribution in [3.05, 3.63) is 24.0 Å². The van der Waals surface area contributed by atoms with Crippen molar-refractivity contribution < 1.29 is 38.9 Å². The van der Waals surface area contributed by atoms with E-state index in [4.69, 9.17) is 0 Å². The molecule has 0 aliphatic rings. The predicted molar refractivity (Wildman–Crippen MR) is 44.8 cm³/mol. The molecule has 1 aromatic heterocycles. The number of aromatic nitrogens is 1. The molecular weight excluding hydrogens is 292 g/mol. The third kappa shape index (κ3) is 3.03. The Hall–Kier alpha value is -1.52. The highest BCUT2D eigenvalue weighted by atomic mass is 32.2. The van der Waals surface area contributed by atoms with E-state index in [0.717, 1.165) is 0 Å². The molecule has 0 atom stereocenters. The Morgan fingerprint density at radius 3 is 2.11 bits per heavy atom. The lowest BCUT2D eigenvalue weighted by Gasteiger charge is -2.13. The summed E-state index contributed by atoms with van der Waals surface area (Å²) in [5.74, 6) is -1.49. The number of rotatable bonds is 2. The van der Waals surface area contributed by atoms with E-state index in [1.165, 1.54) is 0 Å². The highest BCUT2D eigenvalue weighted by molar-refractivity contribution is 7.88. The minimum atomic E-state index is -6.16. The molecule has 0 spiro atoms. The molecule has 0 unspecified atom stereocenters. The Labute approximate surface area is 96.3 Å². The van der Waals surface area contributed by atoms with Crippen LogP contribution in [0.3, 0.4) is 0 Å². The zero-order chi connectivity index (χ0) is 14.2. The van der Waals surface area contributed by atoms with Crippen LogP contribution in [0.25, 0.3) is 0 Å². The molecular formula is C7H3F6NO3S. The van der Waals surface area contributed by atoms with E-state index in [0.29, 0.717) is 12.3 Å². The molecule has 18 heavy (non-hydrogen) atoms. The maximum absolute atomic E-state index is 12.3. The van der Waals surface area contributed by atoms with Crippen molar-refractivity contribution in [3.8, 4) is 5.75 Å². The highest BCUT2D eigenvalue weighted by Crippen LogP contribution is 2.37. The summed E-state index contributed by atoms with van der Waals surface area (Å²) in [6, 6.07) is 0.367. The van der Waals surface area contributed by atoms with Gasteiger partial charge in [-0.05, 0) is 0 Å². The Morgan fingerprint density at radius 2 is 1.67 bits per heavy atom. The first kappa shape index (κ1) is 14.5. The van der Waals surface area contributed by atoms with Crippen molar-refractivity contribution in [1.29, 1.82) is 0 Å². The van der Waals surface area contributed by atoms with E-state index in [2.05, 4.69) is 9.17 Å². The lowest BCUT2D eigenvalue weighted by molar-refractivity contribution is -0.138. The van der Waals surface area contributed by atoms with Crippen molar-refractivity contribution >= 4 is 10.1 Å². The van der Waals surface area contributed by atoms with Gasteiger partial charge in [0.05, 0.1) is 0 Å². The second kappa shape index (κ2) is 4.30. The van der Waals surface area contributed by atoms with Gasteiger partial charge < -0.3 is 4.18 Å². The third-order valence-corrected chi connectivity index (χ3v) is 2.54. The van der Waals surface area contributed by atoms with Gasteiger partial charge in [-0.25, -0.2) is 0 Å². The first-order valence-corrected chi connectivity index (χ1v) is 5.38. The van der Waals surface area contributed by atoms with Gasteiger partial charge in [0.2, 0.25) is 0 Å². The number of hydrogen-bond donors (Lipinski definition) is 0. The van der Waals surface area contributed by atoms with E-state index in [9.17, 15) is 34.8 Å². The van der Waals surface area contributed by atoms with Crippen LogP contribution in [-0.4, -0.2) is 18.9 Å². The second-order valence-corrected chi connectivity index (χ2v) is 4.39. The van der Waals surface area contributed by atoms with E-state index < -0.39 is 33.1 Å². The lowest BCUT2D eigenvalue weighted by atomic mass is 10.2. The summed E-state index contributed by atoms with van der Waals surface area (Å²) in [4.78, 5) is 3.03. The Balaban J connectivity index is 3.22. The van der Waals surface area contributed by atoms with Gasteiger partial charge >= 0.3 is 21.8 Å². The number of nitrogens with zero attached hydrogens (tertiary/aromatic N) is 1. The summed E-state index contributed by atoms with van der Waals surface area (Å²) in [6.45, 7) is 0. The molecule has 0 amide bonds. The van der Waals surface area contributed by atoms with Gasteiger partial charge in [-0.1, -0.05) is 0 Å². The molecule has 0 aliphatic heterocycles. The van der Waals surface area contributed by atoms with Crippen molar-refractivity contribution in [2.45, 2.75) is 11.7 Å². The monoisotopic (exact) mass is 295 g/mol. The average molecular weight is 295 g/mol. The molecule has 0 saturated heterocycles. The molecule has 1 rings (SSSR count). The molecule has 4 nitrogen and oxygen atoms in total. The average Bonchev–Trinajstić information content (AvgIpc) is 2.14. The summed E-state index contributed by atoms with van der Waals surface area (Å²) >= 11 is 0. The first-order valence-electron chi connectivity index (χ1n) is 3.97. The molecule has 0 bridgehead atoms. The van der Waals surface area contributed by atoms with Crippen LogP contribution < -0.4 is 4.18 Å². The van der Waals surface area contributed by atoms with E-state index in [1.807, 2.05) is 0 Å². The van der Waals surface area contributed by atoms with Crippen LogP contribution in [0.4, 0.5) is 26.3 Å². The standard InChI is InChI=1S/C7H3F6NO3S/c8-6(9,10)4-3-14-2-1-5(4)17-18(15,16)7(11,12)13/h1-3H. The molecule has 0 radical (unpaired) electrons. The van der Waals surface area contributed by atoms with Crippen molar-refractivity contribution in [1.82, 2.24) is 4.98 Å². The van der Waals surface area contributed by atoms with Crippen molar-refractivity contribution in [2.75, 3.05) is 0 Å². The third-order valence-electron chi connectivity index (χ3n) is 1.57. The van der Waals surface area contributed by atoms with Gasteiger partial charge in [-0.2, -0.15) is 34.8 Å². The second-order valence-electron chi connectivity index (χ2n) is 2.85. The number of alkyl halides is 6. The summed E-state index contributed by atoms with van der Waals surface area (Å²) < 4.78 is 97.3. The molecule has 0 aliphatic carbocycles. The normalized spacial score (nSPS) is 13.4. The van der Waals surface area contributed by atoms with Crippen LogP contribution >= 0.6 is 0 Å². The fourth-order valence-electron chi connectivity index (χ4n) is 0.833. The van der Waals surface area contributed by atoms with Crippen LogP contribution in [0.2, 0.25) is 0 Å². The quantitative estimate of drug-likeness (QED) is 0.477. The summed E-state index contributed by atoms with van der Waals surface area (Å²) in [7, 11) is -6.16. The molecule has 0 saturated carbocycles. The van der Waals surface area contributed by atoms with Gasteiger partial charge in [-0.15, -0.1) is 0 Å². The van der Waals surface area contributed by atoms with Crippen LogP contribution in [0.15, 0.2) is 18.5 Å². The summed E-state index contributed by atoms with van der Waals surface area (Å²) in [5, 5.41) is 0. The van der Waals surface area contributed by atoms with Crippen LogP contribution in [0.5, 0.6) is 5.75 Å².